The summed E-state index contributed by atoms with van der Waals surface area (Å²) in [7, 11) is 0. The van der Waals surface area contributed by atoms with Gasteiger partial charge in [-0.05, 0) is 53.5 Å². The van der Waals surface area contributed by atoms with E-state index >= 15 is 0 Å². The van der Waals surface area contributed by atoms with Crippen molar-refractivity contribution in [1.82, 2.24) is 30.0 Å². The van der Waals surface area contributed by atoms with Crippen LogP contribution in [0.3, 0.4) is 0 Å². The number of nitrogens with zero attached hydrogens (tertiary/aromatic N) is 7. The van der Waals surface area contributed by atoms with E-state index in [1.165, 1.54) is 28.9 Å². The number of aromatic nitrogens is 6. The Morgan fingerprint density at radius 3 is 1.64 bits per heavy atom. The van der Waals surface area contributed by atoms with Crippen molar-refractivity contribution in [2.45, 2.75) is 17.0 Å². The molecule has 8 rings (SSSR count). The molecule has 0 atom stereocenters. The van der Waals surface area contributed by atoms with Gasteiger partial charge in [-0.25, -0.2) is 9.36 Å². The van der Waals surface area contributed by atoms with E-state index in [9.17, 15) is 9.59 Å². The number of carboxylic acid groups (broad SMARTS) is 1. The molecule has 0 fully saturated rings. The molecular weight excluding hydrogens is 751 g/mol. The second-order valence-electron chi connectivity index (χ2n) is 11.4. The van der Waals surface area contributed by atoms with Gasteiger partial charge in [0.1, 0.15) is 10.1 Å². The van der Waals surface area contributed by atoms with Crippen molar-refractivity contribution >= 4 is 90.8 Å². The molecule has 2 heterocycles. The van der Waals surface area contributed by atoms with Gasteiger partial charge in [0.05, 0.1) is 52.7 Å². The minimum atomic E-state index is -0.860. The summed E-state index contributed by atoms with van der Waals surface area (Å²) in [6.45, 7) is 2.19. The standard InChI is InChI=1S/C16H15N3O2S.C14H11N3O2S.C11H7NS/c1-2-21-16(20)11-22-15-10-17-18-19(15)14-9-5-7-12-6-3-4-8-13(12)14;18-14(19)9-20-13-8-15-16-17(13)12-7-3-5-10-4-1-2-6-11(10)12;13-8-12-11-7-3-5-9-4-1-2-6-10(9)11/h3-10H,2,11H2,1H3;1-8H,9H2,(H,18,19);1-7H. The lowest BCUT2D eigenvalue weighted by Crippen LogP contribution is -2.07. The van der Waals surface area contributed by atoms with E-state index in [-0.39, 0.29) is 17.5 Å². The fourth-order valence-electron chi connectivity index (χ4n) is 5.59. The monoisotopic (exact) mass is 783 g/mol. The Bertz CT molecular complexity index is 2610. The smallest absolute Gasteiger partial charge is 0.316 e. The number of fused-ring (bicyclic) bond motifs is 3. The molecule has 0 radical (unpaired) electrons. The Balaban J connectivity index is 0.000000145. The molecule has 0 unspecified atom stereocenters. The summed E-state index contributed by atoms with van der Waals surface area (Å²) in [5.41, 5.74) is 2.73. The molecule has 14 heteroatoms. The lowest BCUT2D eigenvalue weighted by Gasteiger charge is -2.09. The average molecular weight is 784 g/mol. The Morgan fingerprint density at radius 2 is 1.13 bits per heavy atom. The van der Waals surface area contributed by atoms with Crippen LogP contribution in [0.2, 0.25) is 0 Å². The van der Waals surface area contributed by atoms with Crippen LogP contribution < -0.4 is 0 Å². The van der Waals surface area contributed by atoms with Crippen LogP contribution in [0.1, 0.15) is 6.92 Å². The predicted molar refractivity (Wildman–Crippen MR) is 222 cm³/mol. The van der Waals surface area contributed by atoms with Crippen LogP contribution in [0.15, 0.2) is 155 Å². The number of aliphatic carboxylic acids is 1. The van der Waals surface area contributed by atoms with Gasteiger partial charge in [-0.15, -0.1) is 10.2 Å². The van der Waals surface area contributed by atoms with Crippen LogP contribution in [0.25, 0.3) is 43.7 Å². The molecule has 55 heavy (non-hydrogen) atoms. The summed E-state index contributed by atoms with van der Waals surface area (Å²) in [6.07, 6.45) is 3.24. The average Bonchev–Trinajstić information content (AvgIpc) is 3.90. The van der Waals surface area contributed by atoms with Gasteiger partial charge >= 0.3 is 11.9 Å². The van der Waals surface area contributed by atoms with Gasteiger partial charge < -0.3 is 9.84 Å². The summed E-state index contributed by atoms with van der Waals surface area (Å²) in [6, 6.07) is 42.1. The number of aliphatic imine (C=N–C) groups is 1. The number of thiocarbonyl (C=S) groups is 1. The number of carboxylic acids is 1. The Morgan fingerprint density at radius 1 is 0.673 bits per heavy atom. The summed E-state index contributed by atoms with van der Waals surface area (Å²) in [4.78, 5) is 26.2. The number of thioether (sulfide) groups is 2. The fraction of sp³-hybridized carbons (Fsp3) is 0.0976. The van der Waals surface area contributed by atoms with Crippen molar-refractivity contribution in [3.8, 4) is 11.4 Å². The number of hydrogen-bond donors (Lipinski definition) is 1. The number of rotatable bonds is 10. The van der Waals surface area contributed by atoms with Crippen molar-refractivity contribution in [3.05, 3.63) is 140 Å². The van der Waals surface area contributed by atoms with Gasteiger partial charge in [-0.1, -0.05) is 143 Å². The second kappa shape index (κ2) is 19.2. The van der Waals surface area contributed by atoms with E-state index in [0.29, 0.717) is 11.6 Å². The van der Waals surface area contributed by atoms with Crippen LogP contribution >= 0.6 is 35.7 Å². The highest BCUT2D eigenvalue weighted by atomic mass is 32.2. The van der Waals surface area contributed by atoms with Crippen molar-refractivity contribution in [1.29, 1.82) is 0 Å². The predicted octanol–water partition coefficient (Wildman–Crippen LogP) is 9.25. The summed E-state index contributed by atoms with van der Waals surface area (Å²) >= 11 is 7.15. The number of esters is 1. The number of carbonyl (C=O) groups excluding carboxylic acids is 1. The van der Waals surface area contributed by atoms with E-state index < -0.39 is 5.97 Å². The van der Waals surface area contributed by atoms with Crippen LogP contribution in [0.4, 0.5) is 5.69 Å². The van der Waals surface area contributed by atoms with Crippen LogP contribution in [-0.2, 0) is 14.3 Å². The molecule has 0 saturated heterocycles. The zero-order chi connectivity index (χ0) is 38.4. The molecule has 0 saturated carbocycles. The van der Waals surface area contributed by atoms with Gasteiger partial charge in [0.15, 0.2) is 0 Å². The van der Waals surface area contributed by atoms with E-state index in [0.717, 1.165) is 49.0 Å². The summed E-state index contributed by atoms with van der Waals surface area (Å²) in [5.74, 6) is -0.872. The first-order chi connectivity index (χ1) is 27.0. The molecule has 0 spiro atoms. The second-order valence-corrected chi connectivity index (χ2v) is 13.6. The Hall–Kier alpha value is -6.18. The highest BCUT2D eigenvalue weighted by molar-refractivity contribution is 8.00. The van der Waals surface area contributed by atoms with Gasteiger partial charge in [0.2, 0.25) is 0 Å². The molecule has 11 nitrogen and oxygen atoms in total. The maximum atomic E-state index is 11.5. The quantitative estimate of drug-likeness (QED) is 0.0615. The highest BCUT2D eigenvalue weighted by Crippen LogP contribution is 2.28. The molecule has 0 aliphatic carbocycles. The molecule has 6 aromatic carbocycles. The minimum absolute atomic E-state index is 0.0157. The normalized spacial score (nSPS) is 10.5. The number of carbonyl (C=O) groups is 2. The van der Waals surface area contributed by atoms with Crippen molar-refractivity contribution in [2.24, 2.45) is 4.99 Å². The zero-order valence-corrected chi connectivity index (χ0v) is 31.9. The molecule has 1 N–H and O–H groups in total. The van der Waals surface area contributed by atoms with Gasteiger partial charge in [0, 0.05) is 16.2 Å². The largest absolute Gasteiger partial charge is 0.481 e. The van der Waals surface area contributed by atoms with E-state index in [2.05, 4.69) is 67.3 Å². The lowest BCUT2D eigenvalue weighted by molar-refractivity contribution is -0.140. The molecular formula is C41H33N7O4S3. The van der Waals surface area contributed by atoms with Crippen molar-refractivity contribution < 1.29 is 19.4 Å². The first kappa shape index (κ1) is 38.5. The molecule has 2 aromatic heterocycles. The summed E-state index contributed by atoms with van der Waals surface area (Å²) in [5, 5.41) is 35.4. The molecule has 8 aromatic rings. The SMILES string of the molecule is CCOC(=O)CSc1cnnn1-c1cccc2ccccc12.O=C(O)CSc1cnnn1-c1cccc2ccccc12.S=C=Nc1cccc2ccccc12. The number of isothiocyanates is 1. The third-order valence-corrected chi connectivity index (χ3v) is 9.96. The number of hydrogen-bond acceptors (Lipinski definition) is 11. The first-order valence-corrected chi connectivity index (χ1v) is 19.3. The molecule has 0 aliphatic rings. The van der Waals surface area contributed by atoms with Crippen LogP contribution in [-0.4, -0.2) is 70.3 Å². The summed E-state index contributed by atoms with van der Waals surface area (Å²) < 4.78 is 8.38. The number of ether oxygens (including phenoxy) is 1. The number of benzene rings is 6. The van der Waals surface area contributed by atoms with Crippen LogP contribution in [0, 0.1) is 0 Å². The maximum absolute atomic E-state index is 11.5. The topological polar surface area (TPSA) is 137 Å². The van der Waals surface area contributed by atoms with Crippen molar-refractivity contribution in [2.75, 3.05) is 18.1 Å². The van der Waals surface area contributed by atoms with Gasteiger partial charge in [-0.2, -0.15) is 4.99 Å². The van der Waals surface area contributed by atoms with Crippen LogP contribution in [0.5, 0.6) is 0 Å². The van der Waals surface area contributed by atoms with E-state index in [1.54, 1.807) is 28.7 Å². The third kappa shape index (κ3) is 9.88. The maximum Gasteiger partial charge on any atom is 0.316 e. The highest BCUT2D eigenvalue weighted by Gasteiger charge is 2.13. The van der Waals surface area contributed by atoms with Gasteiger partial charge in [0.25, 0.3) is 0 Å². The minimum Gasteiger partial charge on any atom is -0.481 e. The van der Waals surface area contributed by atoms with Crippen molar-refractivity contribution in [3.63, 3.8) is 0 Å². The lowest BCUT2D eigenvalue weighted by atomic mass is 10.1. The molecule has 274 valence electrons. The van der Waals surface area contributed by atoms with E-state index in [1.807, 2.05) is 103 Å². The molecule has 0 amide bonds. The van der Waals surface area contributed by atoms with Gasteiger partial charge in [-0.3, -0.25) is 9.59 Å². The Labute approximate surface area is 330 Å². The Kier molecular flexibility index (Phi) is 13.5. The molecule has 0 aliphatic heterocycles. The fourth-order valence-corrected chi connectivity index (χ4v) is 7.07. The first-order valence-electron chi connectivity index (χ1n) is 16.9. The third-order valence-electron chi connectivity index (χ3n) is 7.95. The zero-order valence-electron chi connectivity index (χ0n) is 29.4. The molecule has 0 bridgehead atoms. The van der Waals surface area contributed by atoms with E-state index in [4.69, 9.17) is 9.84 Å².